The van der Waals surface area contributed by atoms with Crippen molar-refractivity contribution in [1.29, 1.82) is 0 Å². The molecule has 1 aliphatic carbocycles. The van der Waals surface area contributed by atoms with Gasteiger partial charge in [0.1, 0.15) is 30.1 Å². The van der Waals surface area contributed by atoms with E-state index in [1.807, 2.05) is 26.0 Å². The van der Waals surface area contributed by atoms with E-state index in [0.717, 1.165) is 9.47 Å². The van der Waals surface area contributed by atoms with E-state index in [1.54, 1.807) is 84.2 Å². The normalized spacial score (nSPS) is 37.5. The van der Waals surface area contributed by atoms with Gasteiger partial charge in [0.25, 0.3) is 11.7 Å². The highest BCUT2D eigenvalue weighted by molar-refractivity contribution is 6.39. The molecule has 1 aromatic carbocycles. The predicted octanol–water partition coefficient (Wildman–Crippen LogP) is 5.16. The van der Waals surface area contributed by atoms with Crippen molar-refractivity contribution in [2.75, 3.05) is 35.0 Å². The first-order valence-electron chi connectivity index (χ1n) is 28.6. The molecule has 0 radical (unpaired) electrons. The Kier molecular flexibility index (Phi) is 20.9. The van der Waals surface area contributed by atoms with E-state index in [1.165, 1.54) is 30.7 Å². The molecule has 0 spiro atoms. The number of rotatable bonds is 8. The summed E-state index contributed by atoms with van der Waals surface area (Å²) in [5.74, 6) is -9.87. The van der Waals surface area contributed by atoms with Crippen LogP contribution in [0.2, 0.25) is 0 Å². The van der Waals surface area contributed by atoms with E-state index in [4.69, 9.17) is 28.4 Å². The van der Waals surface area contributed by atoms with Crippen molar-refractivity contribution in [2.45, 2.75) is 192 Å². The number of aliphatic hydroxyl groups is 3. The average molecular weight is 1120 g/mol. The number of methoxy groups -OCH3 is 4. The molecule has 5 aliphatic heterocycles. The number of para-hydroxylation sites is 1. The molecule has 1 amide bonds. The highest BCUT2D eigenvalue weighted by atomic mass is 16.7. The van der Waals surface area contributed by atoms with Crippen molar-refractivity contribution in [1.82, 2.24) is 18.8 Å². The Morgan fingerprint density at radius 1 is 0.762 bits per heavy atom. The highest BCUT2D eigenvalue weighted by Crippen LogP contribution is 2.40. The van der Waals surface area contributed by atoms with Gasteiger partial charge >= 0.3 is 17.3 Å². The van der Waals surface area contributed by atoms with Crippen LogP contribution in [0, 0.1) is 35.5 Å². The number of Topliss-reactive ketones (excluding diaryl/α,β-unsaturated/α-hetero) is 3. The first-order chi connectivity index (χ1) is 38.0. The van der Waals surface area contributed by atoms with Gasteiger partial charge in [-0.05, 0) is 113 Å². The van der Waals surface area contributed by atoms with Crippen molar-refractivity contribution in [2.24, 2.45) is 35.5 Å². The number of carbonyl (C=O) groups is 5. The summed E-state index contributed by atoms with van der Waals surface area (Å²) in [5.41, 5.74) is 0.0316. The largest absolute Gasteiger partial charge is 0.460 e. The summed E-state index contributed by atoms with van der Waals surface area (Å²) >= 11 is 0. The van der Waals surface area contributed by atoms with Crippen molar-refractivity contribution in [3.8, 4) is 5.69 Å². The number of piperidine rings is 1. The van der Waals surface area contributed by atoms with E-state index >= 15 is 0 Å². The maximum absolute atomic E-state index is 14.7. The van der Waals surface area contributed by atoms with E-state index in [9.17, 15) is 48.9 Å². The molecular weight excluding hydrogens is 1030 g/mol. The first kappa shape index (κ1) is 62.4. The van der Waals surface area contributed by atoms with Gasteiger partial charge in [0, 0.05) is 65.6 Å². The fourth-order valence-electron chi connectivity index (χ4n) is 13.0. The Morgan fingerprint density at radius 3 is 2.11 bits per heavy atom. The van der Waals surface area contributed by atoms with E-state index in [0.29, 0.717) is 55.4 Å². The maximum Gasteiger partial charge on any atom is 0.352 e. The molecule has 3 fully saturated rings. The average Bonchev–Trinajstić information content (AvgIpc) is 3.77. The van der Waals surface area contributed by atoms with Crippen LogP contribution in [0.3, 0.4) is 0 Å². The summed E-state index contributed by atoms with van der Waals surface area (Å²) < 4.78 is 39.8. The van der Waals surface area contributed by atoms with E-state index < -0.39 is 131 Å². The first-order valence-corrected chi connectivity index (χ1v) is 28.6. The Hall–Kier alpha value is -5.19. The lowest BCUT2D eigenvalue weighted by Crippen LogP contribution is -2.63. The molecule has 3 N–H and O–H groups in total. The summed E-state index contributed by atoms with van der Waals surface area (Å²) in [7, 11) is 5.83. The summed E-state index contributed by atoms with van der Waals surface area (Å²) in [6.45, 7) is 12.1. The third-order valence-corrected chi connectivity index (χ3v) is 17.9. The third kappa shape index (κ3) is 13.2. The van der Waals surface area contributed by atoms with Gasteiger partial charge in [0.15, 0.2) is 5.78 Å². The minimum absolute atomic E-state index is 0.00469. The van der Waals surface area contributed by atoms with Gasteiger partial charge in [0.2, 0.25) is 5.79 Å². The number of hydrogen-bond acceptors (Lipinski definition) is 16. The minimum Gasteiger partial charge on any atom is -0.460 e. The lowest BCUT2D eigenvalue weighted by molar-refractivity contribution is -0.289. The molecule has 442 valence electrons. The van der Waals surface area contributed by atoms with Crippen LogP contribution in [0.25, 0.3) is 5.69 Å². The Balaban J connectivity index is 1.29. The van der Waals surface area contributed by atoms with Crippen LogP contribution in [0.1, 0.15) is 131 Å². The highest BCUT2D eigenvalue weighted by Gasteiger charge is 2.55. The molecular formula is C60H86N4O16. The SMILES string of the molecule is CO[C@H]1C[C@H]2O[C@@](O)(C(=O)C(=O)N3CCCC[C@H]3C(=O)O[C@H](C(C)C[C@@H]3CC[C@@H](O)[C@H](OC)C3)CC(=O)[C@H](C)/C=C(\C)[C@H](O)[C@@H](OC)C(=O)[C@H](C)C[C@H](C)C3C=CC(/C=C/1C)n1c(=O)n(-c4ccccc4)c(=O)n13)[C@H](C)C[C@@H]2OC. The topological polar surface area (TPSA) is 254 Å². The van der Waals surface area contributed by atoms with Crippen LogP contribution in [0.15, 0.2) is 75.4 Å². The number of benzene rings is 1. The minimum atomic E-state index is -2.65. The van der Waals surface area contributed by atoms with Crippen LogP contribution in [-0.2, 0) is 52.4 Å². The van der Waals surface area contributed by atoms with Crippen LogP contribution >= 0.6 is 0 Å². The summed E-state index contributed by atoms with van der Waals surface area (Å²) in [4.78, 5) is 103. The summed E-state index contributed by atoms with van der Waals surface area (Å²) in [6, 6.07) is 5.77. The van der Waals surface area contributed by atoms with Gasteiger partial charge in [-0.15, -0.1) is 0 Å². The number of esters is 1. The van der Waals surface area contributed by atoms with Crippen molar-refractivity contribution >= 4 is 29.2 Å². The molecule has 6 heterocycles. The smallest absolute Gasteiger partial charge is 0.352 e. The maximum atomic E-state index is 14.7. The molecule has 18 atom stereocenters. The van der Waals surface area contributed by atoms with Crippen LogP contribution < -0.4 is 11.4 Å². The number of aromatic nitrogens is 3. The molecule has 2 saturated heterocycles. The van der Waals surface area contributed by atoms with Crippen LogP contribution in [-0.4, -0.2) is 159 Å². The number of allylic oxidation sites excluding steroid dienone is 4. The molecule has 20 heteroatoms. The summed E-state index contributed by atoms with van der Waals surface area (Å²) in [5, 5.41) is 34.7. The van der Waals surface area contributed by atoms with Gasteiger partial charge in [-0.25, -0.2) is 28.3 Å². The van der Waals surface area contributed by atoms with Gasteiger partial charge in [-0.2, -0.15) is 0 Å². The number of nitrogens with zero attached hydrogens (tertiary/aromatic N) is 4. The number of ether oxygens (including phenoxy) is 6. The van der Waals surface area contributed by atoms with Gasteiger partial charge in [-0.3, -0.25) is 19.2 Å². The molecule has 1 saturated carbocycles. The van der Waals surface area contributed by atoms with Crippen molar-refractivity contribution in [3.05, 3.63) is 86.8 Å². The van der Waals surface area contributed by atoms with Crippen LogP contribution in [0.4, 0.5) is 0 Å². The molecule has 80 heavy (non-hydrogen) atoms. The third-order valence-electron chi connectivity index (χ3n) is 17.9. The quantitative estimate of drug-likeness (QED) is 0.175. The second-order valence-corrected chi connectivity index (χ2v) is 23.5. The van der Waals surface area contributed by atoms with E-state index in [-0.39, 0.29) is 56.5 Å². The zero-order chi connectivity index (χ0) is 58.5. The van der Waals surface area contributed by atoms with Crippen LogP contribution in [0.5, 0.6) is 0 Å². The monoisotopic (exact) mass is 1120 g/mol. The predicted molar refractivity (Wildman–Crippen MR) is 295 cm³/mol. The number of fused-ring (bicyclic) bond motifs is 15. The molecule has 4 bridgehead atoms. The van der Waals surface area contributed by atoms with Crippen molar-refractivity contribution in [3.63, 3.8) is 0 Å². The van der Waals surface area contributed by atoms with E-state index in [2.05, 4.69) is 0 Å². The molecule has 20 nitrogen and oxygen atoms in total. The number of amides is 1. The number of hydrogen-bond donors (Lipinski definition) is 3. The molecule has 3 unspecified atom stereocenters. The lowest BCUT2D eigenvalue weighted by atomic mass is 9.78. The number of ketones is 3. The molecule has 2 aromatic rings. The second-order valence-electron chi connectivity index (χ2n) is 23.5. The van der Waals surface area contributed by atoms with Crippen molar-refractivity contribution < 1.29 is 67.7 Å². The molecule has 6 aliphatic rings. The zero-order valence-corrected chi connectivity index (χ0v) is 48.4. The lowest BCUT2D eigenvalue weighted by Gasteiger charge is -2.45. The van der Waals surface area contributed by atoms with Gasteiger partial charge < -0.3 is 48.6 Å². The van der Waals surface area contributed by atoms with Gasteiger partial charge in [-0.1, -0.05) is 77.1 Å². The standard InChI is InChI=1S/C60H86N4O16/c1-33-25-37(5)52(67)54(78-11)53(68)38(6)26-34(2)46(66)31-48(35(3)27-40-20-23-45(65)49(30-40)76-9)79-57(71)44-19-15-16-24-61(44)56(70)55(69)60(74)39(7)29-50(77-10)51(80-60)32-47(75-8)36(4)28-42-21-22-43(33)64-59(73)62(58(72)63(42)64)41-17-13-12-14-18-41/h12-14,17-18,21-22,26,28,33-35,37,39-40,42-45,47-51,53-54,65,68,74H,15-16,19-20,23-25,27,29-32H2,1-11H3/b36-28+,38-26+/t33-,34+,35?,37+,39+,40-,42?,43?,44-,45+,47-,48-,49+,50-,51+,53-,54-,60+/m0/s1. The Morgan fingerprint density at radius 2 is 1.45 bits per heavy atom. The summed E-state index contributed by atoms with van der Waals surface area (Å²) in [6.07, 6.45) is 3.18. The van der Waals surface area contributed by atoms with Gasteiger partial charge in [0.05, 0.1) is 48.3 Å². The number of aliphatic hydroxyl groups excluding tert-OH is 2. The number of carbonyl (C=O) groups excluding carboxylic acids is 5. The molecule has 8 rings (SSSR count). The fourth-order valence-corrected chi connectivity index (χ4v) is 13.0. The second kappa shape index (κ2) is 26.8. The zero-order valence-electron chi connectivity index (χ0n) is 48.4. The Labute approximate surface area is 469 Å². The fraction of sp³-hybridized carbons (Fsp3) is 0.683. The Bertz CT molecular complexity index is 2750. The molecule has 1 aromatic heterocycles.